The van der Waals surface area contributed by atoms with Crippen molar-refractivity contribution in [2.75, 3.05) is 17.2 Å². The summed E-state index contributed by atoms with van der Waals surface area (Å²) in [5.41, 5.74) is 8.20. The minimum atomic E-state index is -0.961. The maximum atomic E-state index is 14.0. The number of anilines is 2. The van der Waals surface area contributed by atoms with Gasteiger partial charge in [0.15, 0.2) is 0 Å². The number of hydrogen-bond acceptors (Lipinski definition) is 5. The lowest BCUT2D eigenvalue weighted by Gasteiger charge is -2.46. The summed E-state index contributed by atoms with van der Waals surface area (Å²) in [6.45, 7) is 3.09. The molecule has 206 valence electrons. The Kier molecular flexibility index (Phi) is 5.99. The third kappa shape index (κ3) is 4.14. The molecule has 1 spiro atoms. The number of benzene rings is 2. The lowest BCUT2D eigenvalue weighted by molar-refractivity contribution is -0.151. The summed E-state index contributed by atoms with van der Waals surface area (Å²) < 4.78 is 28.1. The second kappa shape index (κ2) is 9.19. The SMILES string of the molecule is CC1(C)C(=O)N(CC(=O)Nc2ccc3c(c2)C[C@@]2(C3)C(=O)Nc3ncccc32)[C@H](c2cc(F)cc(F)c2)C[C@H]1N. The van der Waals surface area contributed by atoms with Crippen molar-refractivity contribution in [3.05, 3.63) is 88.6 Å². The molecule has 3 atom stereocenters. The molecule has 1 aliphatic carbocycles. The van der Waals surface area contributed by atoms with E-state index in [9.17, 15) is 23.2 Å². The first-order chi connectivity index (χ1) is 19.0. The van der Waals surface area contributed by atoms with Gasteiger partial charge in [-0.2, -0.15) is 0 Å². The van der Waals surface area contributed by atoms with E-state index in [4.69, 9.17) is 5.73 Å². The number of aromatic nitrogens is 1. The van der Waals surface area contributed by atoms with E-state index in [0.29, 0.717) is 24.3 Å². The Labute approximate surface area is 230 Å². The van der Waals surface area contributed by atoms with Gasteiger partial charge in [-0.05, 0) is 80.1 Å². The second-order valence-corrected chi connectivity index (χ2v) is 11.5. The van der Waals surface area contributed by atoms with E-state index in [0.717, 1.165) is 22.8 Å². The smallest absolute Gasteiger partial charge is 0.244 e. The van der Waals surface area contributed by atoms with Gasteiger partial charge in [-0.1, -0.05) is 12.1 Å². The van der Waals surface area contributed by atoms with Gasteiger partial charge >= 0.3 is 0 Å². The van der Waals surface area contributed by atoms with E-state index in [1.807, 2.05) is 24.3 Å². The number of piperidine rings is 1. The van der Waals surface area contributed by atoms with E-state index in [1.165, 1.54) is 17.0 Å². The number of nitrogens with one attached hydrogen (secondary N) is 2. The molecule has 3 aromatic rings. The van der Waals surface area contributed by atoms with Crippen molar-refractivity contribution >= 4 is 29.2 Å². The van der Waals surface area contributed by atoms with Crippen LogP contribution >= 0.6 is 0 Å². The topological polar surface area (TPSA) is 117 Å². The summed E-state index contributed by atoms with van der Waals surface area (Å²) >= 11 is 0. The number of carbonyl (C=O) groups excluding carboxylic acids is 3. The highest BCUT2D eigenvalue weighted by Gasteiger charge is 2.51. The summed E-state index contributed by atoms with van der Waals surface area (Å²) in [6, 6.07) is 11.0. The third-order valence-electron chi connectivity index (χ3n) is 8.64. The van der Waals surface area contributed by atoms with Crippen LogP contribution in [0.25, 0.3) is 0 Å². The van der Waals surface area contributed by atoms with Crippen LogP contribution in [0.4, 0.5) is 20.3 Å². The minimum Gasteiger partial charge on any atom is -0.327 e. The number of likely N-dealkylation sites (tertiary alicyclic amines) is 1. The monoisotopic (exact) mass is 545 g/mol. The van der Waals surface area contributed by atoms with Crippen molar-refractivity contribution in [1.29, 1.82) is 0 Å². The highest BCUT2D eigenvalue weighted by molar-refractivity contribution is 6.06. The predicted octanol–water partition coefficient (Wildman–Crippen LogP) is 3.61. The number of nitrogens with two attached hydrogens (primary N) is 1. The van der Waals surface area contributed by atoms with Crippen LogP contribution in [-0.4, -0.2) is 40.2 Å². The number of nitrogens with zero attached hydrogens (tertiary/aromatic N) is 2. The Bertz CT molecular complexity index is 1550. The van der Waals surface area contributed by atoms with Gasteiger partial charge in [0.05, 0.1) is 16.9 Å². The number of halogens is 2. The predicted molar refractivity (Wildman–Crippen MR) is 144 cm³/mol. The maximum Gasteiger partial charge on any atom is 0.244 e. The molecule has 8 nitrogen and oxygen atoms in total. The van der Waals surface area contributed by atoms with E-state index < -0.39 is 40.5 Å². The van der Waals surface area contributed by atoms with Gasteiger partial charge in [0.2, 0.25) is 17.7 Å². The zero-order valence-corrected chi connectivity index (χ0v) is 22.1. The Morgan fingerprint density at radius 2 is 1.82 bits per heavy atom. The van der Waals surface area contributed by atoms with Gasteiger partial charge in [0.1, 0.15) is 24.0 Å². The molecule has 10 heteroatoms. The molecule has 0 saturated carbocycles. The van der Waals surface area contributed by atoms with E-state index >= 15 is 0 Å². The first-order valence-electron chi connectivity index (χ1n) is 13.2. The molecule has 1 aromatic heterocycles. The van der Waals surface area contributed by atoms with Gasteiger partial charge in [-0.15, -0.1) is 0 Å². The number of fused-ring (bicyclic) bond motifs is 3. The molecule has 2 aromatic carbocycles. The first-order valence-corrected chi connectivity index (χ1v) is 13.2. The second-order valence-electron chi connectivity index (χ2n) is 11.5. The molecule has 0 radical (unpaired) electrons. The highest BCUT2D eigenvalue weighted by atomic mass is 19.1. The van der Waals surface area contributed by atoms with Crippen molar-refractivity contribution < 1.29 is 23.2 Å². The third-order valence-corrected chi connectivity index (χ3v) is 8.64. The number of hydrogen-bond donors (Lipinski definition) is 3. The van der Waals surface area contributed by atoms with E-state index in [-0.39, 0.29) is 30.3 Å². The van der Waals surface area contributed by atoms with Crippen LogP contribution in [0.15, 0.2) is 54.7 Å². The van der Waals surface area contributed by atoms with Gasteiger partial charge in [0, 0.05) is 29.6 Å². The van der Waals surface area contributed by atoms with Gasteiger partial charge in [0.25, 0.3) is 0 Å². The lowest BCUT2D eigenvalue weighted by Crippen LogP contribution is -2.58. The van der Waals surface area contributed by atoms with Crippen molar-refractivity contribution in [1.82, 2.24) is 9.88 Å². The number of rotatable bonds is 4. The normalized spacial score (nSPS) is 24.6. The highest BCUT2D eigenvalue weighted by Crippen LogP contribution is 2.47. The Balaban J connectivity index is 1.23. The molecule has 0 bridgehead atoms. The zero-order valence-electron chi connectivity index (χ0n) is 22.1. The van der Waals surface area contributed by atoms with Crippen LogP contribution in [0.3, 0.4) is 0 Å². The van der Waals surface area contributed by atoms with Crippen LogP contribution in [0.5, 0.6) is 0 Å². The molecule has 3 heterocycles. The van der Waals surface area contributed by atoms with Crippen molar-refractivity contribution in [3.63, 3.8) is 0 Å². The number of pyridine rings is 1. The Morgan fingerprint density at radius 3 is 2.58 bits per heavy atom. The largest absolute Gasteiger partial charge is 0.327 e. The van der Waals surface area contributed by atoms with E-state index in [2.05, 4.69) is 15.6 Å². The molecular weight excluding hydrogens is 516 g/mol. The zero-order chi connectivity index (χ0) is 28.4. The molecule has 0 unspecified atom stereocenters. The number of carbonyl (C=O) groups is 3. The molecule has 4 N–H and O–H groups in total. The molecule has 1 saturated heterocycles. The Hall–Kier alpha value is -4.18. The van der Waals surface area contributed by atoms with Crippen molar-refractivity contribution in [2.45, 2.75) is 50.6 Å². The van der Waals surface area contributed by atoms with Crippen LogP contribution in [0.1, 0.15) is 48.6 Å². The quantitative estimate of drug-likeness (QED) is 0.463. The Morgan fingerprint density at radius 1 is 1.10 bits per heavy atom. The summed E-state index contributed by atoms with van der Waals surface area (Å²) in [6.07, 6.45) is 2.89. The maximum absolute atomic E-state index is 14.0. The standard InChI is InChI=1S/C30H29F2N5O3/c1-29(2)24(33)12-23(17-8-19(31)11-20(32)9-17)37(28(29)40)15-25(38)35-21-6-5-16-13-30(14-18(16)10-21)22-4-3-7-34-26(22)36-27(30)39/h3-11,23-24H,12-15,33H2,1-2H3,(H,35,38)(H,34,36,39)/t23-,24+,30+/m0/s1. The summed E-state index contributed by atoms with van der Waals surface area (Å²) in [5.74, 6) is -1.87. The molecule has 2 aliphatic heterocycles. The fraction of sp³-hybridized carbons (Fsp3) is 0.333. The molecule has 3 aliphatic rings. The van der Waals surface area contributed by atoms with Crippen LogP contribution in [-0.2, 0) is 32.6 Å². The number of amides is 3. The van der Waals surface area contributed by atoms with Crippen LogP contribution in [0.2, 0.25) is 0 Å². The van der Waals surface area contributed by atoms with Gasteiger partial charge in [-0.3, -0.25) is 14.4 Å². The first kappa shape index (κ1) is 26.1. The molecule has 6 rings (SSSR count). The summed E-state index contributed by atoms with van der Waals surface area (Å²) in [7, 11) is 0. The van der Waals surface area contributed by atoms with E-state index in [1.54, 1.807) is 26.1 Å². The van der Waals surface area contributed by atoms with Crippen molar-refractivity contribution in [3.8, 4) is 0 Å². The fourth-order valence-electron chi connectivity index (χ4n) is 6.30. The molecule has 1 fully saturated rings. The molecule has 3 amide bonds. The average molecular weight is 546 g/mol. The van der Waals surface area contributed by atoms with Gasteiger partial charge in [-0.25, -0.2) is 13.8 Å². The van der Waals surface area contributed by atoms with Crippen LogP contribution < -0.4 is 16.4 Å². The fourth-order valence-corrected chi connectivity index (χ4v) is 6.30. The van der Waals surface area contributed by atoms with Crippen molar-refractivity contribution in [2.24, 2.45) is 11.1 Å². The minimum absolute atomic E-state index is 0.0905. The summed E-state index contributed by atoms with van der Waals surface area (Å²) in [5, 5.41) is 5.74. The van der Waals surface area contributed by atoms with Crippen LogP contribution in [0, 0.1) is 17.0 Å². The average Bonchev–Trinajstić information content (AvgIpc) is 3.41. The lowest BCUT2D eigenvalue weighted by atomic mass is 9.75. The van der Waals surface area contributed by atoms with Gasteiger partial charge < -0.3 is 21.3 Å². The molecule has 40 heavy (non-hydrogen) atoms. The molecular formula is C30H29F2N5O3. The summed E-state index contributed by atoms with van der Waals surface area (Å²) in [4.78, 5) is 45.3.